The van der Waals surface area contributed by atoms with Crippen molar-refractivity contribution in [1.29, 1.82) is 0 Å². The Balaban J connectivity index is 2.08. The number of nitrogens with two attached hydrogens (primary N) is 1. The maximum atomic E-state index is 13.3. The Kier molecular flexibility index (Phi) is 4.74. The predicted octanol–water partition coefficient (Wildman–Crippen LogP) is 2.51. The van der Waals surface area contributed by atoms with E-state index in [0.29, 0.717) is 18.8 Å². The SMILES string of the molecule is CCn1cc(COc2ccc(F)cc2CC(C)N)cn1. The number of aryl methyl sites for hydroxylation is 1. The molecule has 1 aromatic carbocycles. The first-order valence-corrected chi connectivity index (χ1v) is 6.76. The van der Waals surface area contributed by atoms with Crippen molar-refractivity contribution in [1.82, 2.24) is 9.78 Å². The summed E-state index contributed by atoms with van der Waals surface area (Å²) in [7, 11) is 0. The van der Waals surface area contributed by atoms with Crippen LogP contribution in [0.3, 0.4) is 0 Å². The lowest BCUT2D eigenvalue weighted by atomic mass is 10.1. The van der Waals surface area contributed by atoms with Crippen LogP contribution in [0.2, 0.25) is 0 Å². The Bertz CT molecular complexity index is 566. The monoisotopic (exact) mass is 277 g/mol. The molecule has 1 heterocycles. The number of ether oxygens (including phenoxy) is 1. The molecule has 0 aliphatic rings. The Morgan fingerprint density at radius 1 is 1.45 bits per heavy atom. The third kappa shape index (κ3) is 3.81. The standard InChI is InChI=1S/C15H20FN3O/c1-3-19-9-12(8-18-19)10-20-15-5-4-14(16)7-13(15)6-11(2)17/h4-5,7-9,11H,3,6,10,17H2,1-2H3. The molecule has 1 aromatic heterocycles. The molecule has 0 fully saturated rings. The van der Waals surface area contributed by atoms with Crippen molar-refractivity contribution in [3.05, 3.63) is 47.5 Å². The quantitative estimate of drug-likeness (QED) is 0.882. The Morgan fingerprint density at radius 3 is 2.90 bits per heavy atom. The molecular formula is C15H20FN3O. The summed E-state index contributed by atoms with van der Waals surface area (Å²) in [6, 6.07) is 4.49. The number of halogens is 1. The van der Waals surface area contributed by atoms with Gasteiger partial charge < -0.3 is 10.5 Å². The van der Waals surface area contributed by atoms with E-state index >= 15 is 0 Å². The van der Waals surface area contributed by atoms with Crippen LogP contribution in [0.4, 0.5) is 4.39 Å². The van der Waals surface area contributed by atoms with E-state index in [1.54, 1.807) is 12.3 Å². The smallest absolute Gasteiger partial charge is 0.123 e. The first-order chi connectivity index (χ1) is 9.58. The van der Waals surface area contributed by atoms with Crippen molar-refractivity contribution < 1.29 is 9.13 Å². The highest BCUT2D eigenvalue weighted by atomic mass is 19.1. The number of hydrogen-bond acceptors (Lipinski definition) is 3. The van der Waals surface area contributed by atoms with Gasteiger partial charge in [-0.15, -0.1) is 0 Å². The molecule has 5 heteroatoms. The zero-order valence-electron chi connectivity index (χ0n) is 11.8. The van der Waals surface area contributed by atoms with E-state index in [-0.39, 0.29) is 11.9 Å². The van der Waals surface area contributed by atoms with Gasteiger partial charge in [0.05, 0.1) is 6.20 Å². The fourth-order valence-corrected chi connectivity index (χ4v) is 2.01. The zero-order chi connectivity index (χ0) is 14.5. The molecule has 0 bridgehead atoms. The summed E-state index contributed by atoms with van der Waals surface area (Å²) in [6.07, 6.45) is 4.30. The van der Waals surface area contributed by atoms with Gasteiger partial charge in [-0.05, 0) is 44.0 Å². The summed E-state index contributed by atoms with van der Waals surface area (Å²) in [5, 5.41) is 4.19. The first-order valence-electron chi connectivity index (χ1n) is 6.76. The van der Waals surface area contributed by atoms with Crippen molar-refractivity contribution in [2.45, 2.75) is 39.5 Å². The molecule has 0 spiro atoms. The van der Waals surface area contributed by atoms with E-state index in [1.165, 1.54) is 12.1 Å². The second-order valence-corrected chi connectivity index (χ2v) is 4.93. The molecule has 2 aromatic rings. The van der Waals surface area contributed by atoms with Crippen molar-refractivity contribution in [3.63, 3.8) is 0 Å². The Morgan fingerprint density at radius 2 is 2.25 bits per heavy atom. The van der Waals surface area contributed by atoms with Crippen LogP contribution in [0.15, 0.2) is 30.6 Å². The van der Waals surface area contributed by atoms with Gasteiger partial charge in [-0.3, -0.25) is 4.68 Å². The topological polar surface area (TPSA) is 53.1 Å². The number of nitrogens with zero attached hydrogens (tertiary/aromatic N) is 2. The Labute approximate surface area is 118 Å². The van der Waals surface area contributed by atoms with Crippen LogP contribution >= 0.6 is 0 Å². The highest BCUT2D eigenvalue weighted by molar-refractivity contribution is 5.34. The third-order valence-corrected chi connectivity index (χ3v) is 2.97. The van der Waals surface area contributed by atoms with Crippen LogP contribution in [-0.4, -0.2) is 15.8 Å². The molecule has 1 atom stereocenters. The summed E-state index contributed by atoms with van der Waals surface area (Å²) >= 11 is 0. The van der Waals surface area contributed by atoms with Gasteiger partial charge >= 0.3 is 0 Å². The molecule has 0 radical (unpaired) electrons. The summed E-state index contributed by atoms with van der Waals surface area (Å²) in [5.74, 6) is 0.403. The van der Waals surface area contributed by atoms with Crippen LogP contribution in [0, 0.1) is 5.82 Å². The van der Waals surface area contributed by atoms with E-state index in [2.05, 4.69) is 5.10 Å². The van der Waals surface area contributed by atoms with Crippen molar-refractivity contribution in [2.24, 2.45) is 5.73 Å². The van der Waals surface area contributed by atoms with Gasteiger partial charge in [0, 0.05) is 24.3 Å². The minimum Gasteiger partial charge on any atom is -0.489 e. The van der Waals surface area contributed by atoms with Crippen molar-refractivity contribution in [3.8, 4) is 5.75 Å². The average molecular weight is 277 g/mol. The van der Waals surface area contributed by atoms with Gasteiger partial charge in [-0.2, -0.15) is 5.10 Å². The minimum atomic E-state index is -0.271. The van der Waals surface area contributed by atoms with Crippen LogP contribution in [0.25, 0.3) is 0 Å². The lowest BCUT2D eigenvalue weighted by Gasteiger charge is -2.12. The maximum absolute atomic E-state index is 13.3. The highest BCUT2D eigenvalue weighted by Crippen LogP contribution is 2.22. The van der Waals surface area contributed by atoms with E-state index in [0.717, 1.165) is 17.7 Å². The van der Waals surface area contributed by atoms with Crippen LogP contribution in [0.1, 0.15) is 25.0 Å². The van der Waals surface area contributed by atoms with E-state index < -0.39 is 0 Å². The van der Waals surface area contributed by atoms with Crippen LogP contribution < -0.4 is 10.5 Å². The fraction of sp³-hybridized carbons (Fsp3) is 0.400. The van der Waals surface area contributed by atoms with Gasteiger partial charge in [-0.25, -0.2) is 4.39 Å². The second-order valence-electron chi connectivity index (χ2n) is 4.93. The number of rotatable bonds is 6. The van der Waals surface area contributed by atoms with Crippen LogP contribution in [0.5, 0.6) is 5.75 Å². The number of benzene rings is 1. The molecule has 2 N–H and O–H groups in total. The molecule has 4 nitrogen and oxygen atoms in total. The lowest BCUT2D eigenvalue weighted by molar-refractivity contribution is 0.301. The predicted molar refractivity (Wildman–Crippen MR) is 76.0 cm³/mol. The largest absolute Gasteiger partial charge is 0.489 e. The minimum absolute atomic E-state index is 0.0398. The van der Waals surface area contributed by atoms with Crippen molar-refractivity contribution in [2.75, 3.05) is 0 Å². The number of aromatic nitrogens is 2. The molecule has 0 aliphatic carbocycles. The summed E-state index contributed by atoms with van der Waals surface area (Å²) in [4.78, 5) is 0. The summed E-state index contributed by atoms with van der Waals surface area (Å²) in [6.45, 7) is 5.16. The molecule has 0 aliphatic heterocycles. The number of hydrogen-bond donors (Lipinski definition) is 1. The first kappa shape index (κ1) is 14.5. The fourth-order valence-electron chi connectivity index (χ4n) is 2.01. The summed E-state index contributed by atoms with van der Waals surface area (Å²) in [5.41, 5.74) is 7.56. The Hall–Kier alpha value is -1.88. The summed E-state index contributed by atoms with van der Waals surface area (Å²) < 4.78 is 20.9. The van der Waals surface area contributed by atoms with Crippen molar-refractivity contribution >= 4 is 0 Å². The van der Waals surface area contributed by atoms with Gasteiger partial charge in [0.25, 0.3) is 0 Å². The van der Waals surface area contributed by atoms with Gasteiger partial charge in [0.15, 0.2) is 0 Å². The molecule has 0 saturated heterocycles. The molecule has 108 valence electrons. The second kappa shape index (κ2) is 6.52. The lowest BCUT2D eigenvalue weighted by Crippen LogP contribution is -2.18. The highest BCUT2D eigenvalue weighted by Gasteiger charge is 2.08. The van der Waals surface area contributed by atoms with Gasteiger partial charge in [-0.1, -0.05) is 0 Å². The molecule has 1 unspecified atom stereocenters. The van der Waals surface area contributed by atoms with E-state index in [4.69, 9.17) is 10.5 Å². The average Bonchev–Trinajstić information content (AvgIpc) is 2.85. The third-order valence-electron chi connectivity index (χ3n) is 2.97. The molecule has 20 heavy (non-hydrogen) atoms. The van der Waals surface area contributed by atoms with Gasteiger partial charge in [0.1, 0.15) is 18.2 Å². The normalized spacial score (nSPS) is 12.4. The van der Waals surface area contributed by atoms with E-state index in [9.17, 15) is 4.39 Å². The molecule has 0 saturated carbocycles. The maximum Gasteiger partial charge on any atom is 0.123 e. The van der Waals surface area contributed by atoms with Crippen LogP contribution in [-0.2, 0) is 19.6 Å². The van der Waals surface area contributed by atoms with Gasteiger partial charge in [0.2, 0.25) is 0 Å². The molecule has 0 amide bonds. The van der Waals surface area contributed by atoms with E-state index in [1.807, 2.05) is 24.7 Å². The molecule has 2 rings (SSSR count). The molecular weight excluding hydrogens is 257 g/mol. The zero-order valence-corrected chi connectivity index (χ0v) is 11.8.